The van der Waals surface area contributed by atoms with Crippen LogP contribution in [0.15, 0.2) is 84.1 Å². The van der Waals surface area contributed by atoms with Gasteiger partial charge >= 0.3 is 0 Å². The van der Waals surface area contributed by atoms with E-state index in [2.05, 4.69) is 97.3 Å². The van der Waals surface area contributed by atoms with Crippen LogP contribution in [-0.2, 0) is 13.1 Å². The molecule has 2 aromatic carbocycles. The Hall–Kier alpha value is -2.32. The second-order valence-electron chi connectivity index (χ2n) is 6.80. The maximum atomic E-state index is 3.69. The van der Waals surface area contributed by atoms with E-state index in [9.17, 15) is 0 Å². The van der Waals surface area contributed by atoms with Gasteiger partial charge in [-0.3, -0.25) is 0 Å². The third-order valence-electron chi connectivity index (χ3n) is 4.57. The average Bonchev–Trinajstić information content (AvgIpc) is 2.61. The highest BCUT2D eigenvalue weighted by Gasteiger charge is 2.24. The van der Waals surface area contributed by atoms with Gasteiger partial charge in [0.15, 0.2) is 0 Å². The van der Waals surface area contributed by atoms with E-state index in [-0.39, 0.29) is 5.54 Å². The minimum Gasteiger partial charge on any atom is -0.381 e. The Bertz CT molecular complexity index is 716. The van der Waals surface area contributed by atoms with Crippen LogP contribution in [0.1, 0.15) is 31.4 Å². The molecule has 124 valence electrons. The second-order valence-corrected chi connectivity index (χ2v) is 6.80. The molecule has 0 amide bonds. The topological polar surface area (TPSA) is 24.1 Å². The Kier molecular flexibility index (Phi) is 5.17. The van der Waals surface area contributed by atoms with Gasteiger partial charge in [-0.15, -0.1) is 0 Å². The van der Waals surface area contributed by atoms with Gasteiger partial charge in [0.05, 0.1) is 0 Å². The normalized spacial score (nSPS) is 20.2. The summed E-state index contributed by atoms with van der Waals surface area (Å²) in [5.41, 5.74) is 5.29. The van der Waals surface area contributed by atoms with Gasteiger partial charge in [0.25, 0.3) is 0 Å². The summed E-state index contributed by atoms with van der Waals surface area (Å²) in [5, 5.41) is 7.25. The third kappa shape index (κ3) is 4.36. The standard InChI is InChI=1S/C22H26N2/c1-18-15-22(2,24-17-20-11-7-4-8-12-20)14-13-21(18)23-16-19-9-5-3-6-10-19/h3-14,23-24H,15-17H2,1-2H3. The molecule has 0 radical (unpaired) electrons. The molecule has 0 saturated heterocycles. The maximum Gasteiger partial charge on any atom is 0.0400 e. The first kappa shape index (κ1) is 16.5. The van der Waals surface area contributed by atoms with Crippen molar-refractivity contribution >= 4 is 0 Å². The SMILES string of the molecule is CC1=C(NCc2ccccc2)C=CC(C)(NCc2ccccc2)C1. The summed E-state index contributed by atoms with van der Waals surface area (Å²) in [6.07, 6.45) is 5.53. The Balaban J connectivity index is 1.57. The summed E-state index contributed by atoms with van der Waals surface area (Å²) in [7, 11) is 0. The minimum atomic E-state index is 0.0118. The molecule has 0 aliphatic heterocycles. The average molecular weight is 318 g/mol. The van der Waals surface area contributed by atoms with Gasteiger partial charge in [-0.05, 0) is 43.0 Å². The van der Waals surface area contributed by atoms with E-state index in [0.717, 1.165) is 19.5 Å². The second kappa shape index (κ2) is 7.50. The molecule has 0 aromatic heterocycles. The molecule has 2 heteroatoms. The number of hydrogen-bond acceptors (Lipinski definition) is 2. The molecule has 0 saturated carbocycles. The highest BCUT2D eigenvalue weighted by atomic mass is 15.0. The smallest absolute Gasteiger partial charge is 0.0400 e. The van der Waals surface area contributed by atoms with Crippen LogP contribution in [0, 0.1) is 0 Å². The van der Waals surface area contributed by atoms with Crippen molar-refractivity contribution < 1.29 is 0 Å². The predicted molar refractivity (Wildman–Crippen MR) is 101 cm³/mol. The van der Waals surface area contributed by atoms with Crippen LogP contribution < -0.4 is 10.6 Å². The van der Waals surface area contributed by atoms with Crippen molar-refractivity contribution in [2.24, 2.45) is 0 Å². The molecule has 3 rings (SSSR count). The van der Waals surface area contributed by atoms with E-state index in [4.69, 9.17) is 0 Å². The molecule has 1 unspecified atom stereocenters. The number of benzene rings is 2. The molecule has 2 nitrogen and oxygen atoms in total. The van der Waals surface area contributed by atoms with Crippen LogP contribution in [0.5, 0.6) is 0 Å². The number of hydrogen-bond donors (Lipinski definition) is 2. The number of rotatable bonds is 6. The zero-order valence-electron chi connectivity index (χ0n) is 14.5. The van der Waals surface area contributed by atoms with Gasteiger partial charge < -0.3 is 10.6 Å². The van der Waals surface area contributed by atoms with Crippen LogP contribution in [0.25, 0.3) is 0 Å². The van der Waals surface area contributed by atoms with E-state index in [0.29, 0.717) is 0 Å². The monoisotopic (exact) mass is 318 g/mol. The van der Waals surface area contributed by atoms with Gasteiger partial charge in [0, 0.05) is 24.3 Å². The first-order valence-electron chi connectivity index (χ1n) is 8.60. The van der Waals surface area contributed by atoms with Crippen LogP contribution in [0.3, 0.4) is 0 Å². The van der Waals surface area contributed by atoms with Crippen molar-refractivity contribution in [2.75, 3.05) is 0 Å². The molecule has 1 aliphatic rings. The molecular formula is C22H26N2. The highest BCUT2D eigenvalue weighted by Crippen LogP contribution is 2.26. The van der Waals surface area contributed by atoms with Crippen molar-refractivity contribution in [3.05, 3.63) is 95.2 Å². The zero-order chi connectivity index (χ0) is 16.8. The summed E-state index contributed by atoms with van der Waals surface area (Å²) in [4.78, 5) is 0. The van der Waals surface area contributed by atoms with Crippen molar-refractivity contribution in [3.8, 4) is 0 Å². The van der Waals surface area contributed by atoms with E-state index >= 15 is 0 Å². The van der Waals surface area contributed by atoms with Gasteiger partial charge in [-0.25, -0.2) is 0 Å². The molecule has 0 fully saturated rings. The molecule has 2 N–H and O–H groups in total. The number of nitrogens with one attached hydrogen (secondary N) is 2. The molecule has 2 aromatic rings. The lowest BCUT2D eigenvalue weighted by atomic mass is 9.87. The van der Waals surface area contributed by atoms with Gasteiger partial charge in [0.2, 0.25) is 0 Å². The van der Waals surface area contributed by atoms with Crippen molar-refractivity contribution in [1.29, 1.82) is 0 Å². The van der Waals surface area contributed by atoms with Gasteiger partial charge in [-0.1, -0.05) is 66.7 Å². The van der Waals surface area contributed by atoms with E-state index in [1.165, 1.54) is 22.4 Å². The molecule has 1 atom stereocenters. The Morgan fingerprint density at radius 3 is 2.04 bits per heavy atom. The lowest BCUT2D eigenvalue weighted by Crippen LogP contribution is -2.42. The fourth-order valence-corrected chi connectivity index (χ4v) is 3.14. The minimum absolute atomic E-state index is 0.0118. The van der Waals surface area contributed by atoms with Crippen LogP contribution in [0.2, 0.25) is 0 Å². The van der Waals surface area contributed by atoms with E-state index < -0.39 is 0 Å². The molecule has 24 heavy (non-hydrogen) atoms. The first-order chi connectivity index (χ1) is 11.6. The fourth-order valence-electron chi connectivity index (χ4n) is 3.14. The molecule has 1 aliphatic carbocycles. The van der Waals surface area contributed by atoms with Crippen molar-refractivity contribution in [3.63, 3.8) is 0 Å². The largest absolute Gasteiger partial charge is 0.381 e. The van der Waals surface area contributed by atoms with Gasteiger partial charge in [0.1, 0.15) is 0 Å². The Labute approximate surface area is 145 Å². The number of allylic oxidation sites excluding steroid dienone is 1. The zero-order valence-corrected chi connectivity index (χ0v) is 14.5. The summed E-state index contributed by atoms with van der Waals surface area (Å²) < 4.78 is 0. The van der Waals surface area contributed by atoms with Crippen LogP contribution in [0.4, 0.5) is 0 Å². The Morgan fingerprint density at radius 2 is 1.46 bits per heavy atom. The van der Waals surface area contributed by atoms with Crippen LogP contribution in [-0.4, -0.2) is 5.54 Å². The van der Waals surface area contributed by atoms with E-state index in [1.807, 2.05) is 0 Å². The quantitative estimate of drug-likeness (QED) is 0.816. The van der Waals surface area contributed by atoms with Crippen molar-refractivity contribution in [1.82, 2.24) is 10.6 Å². The summed E-state index contributed by atoms with van der Waals surface area (Å²) in [6, 6.07) is 21.1. The molecular weight excluding hydrogens is 292 g/mol. The van der Waals surface area contributed by atoms with E-state index in [1.54, 1.807) is 0 Å². The maximum absolute atomic E-state index is 3.69. The predicted octanol–water partition coefficient (Wildman–Crippen LogP) is 4.56. The summed E-state index contributed by atoms with van der Waals surface area (Å²) >= 11 is 0. The van der Waals surface area contributed by atoms with Crippen molar-refractivity contribution in [2.45, 2.75) is 38.9 Å². The summed E-state index contributed by atoms with van der Waals surface area (Å²) in [5.74, 6) is 0. The Morgan fingerprint density at radius 1 is 0.875 bits per heavy atom. The fraction of sp³-hybridized carbons (Fsp3) is 0.273. The lowest BCUT2D eigenvalue weighted by Gasteiger charge is -2.32. The lowest BCUT2D eigenvalue weighted by molar-refractivity contribution is 0.423. The summed E-state index contributed by atoms with van der Waals surface area (Å²) in [6.45, 7) is 6.25. The first-order valence-corrected chi connectivity index (χ1v) is 8.60. The van der Waals surface area contributed by atoms with Gasteiger partial charge in [-0.2, -0.15) is 0 Å². The highest BCUT2D eigenvalue weighted by molar-refractivity contribution is 5.33. The third-order valence-corrected chi connectivity index (χ3v) is 4.57. The van der Waals surface area contributed by atoms with Crippen LogP contribution >= 0.6 is 0 Å². The molecule has 0 heterocycles. The molecule has 0 spiro atoms. The molecule has 0 bridgehead atoms.